The molecule has 0 saturated heterocycles. The van der Waals surface area contributed by atoms with Crippen molar-refractivity contribution in [2.24, 2.45) is 5.92 Å². The van der Waals surface area contributed by atoms with Crippen LogP contribution in [0.4, 0.5) is 5.69 Å². The Kier molecular flexibility index (Phi) is 7.18. The van der Waals surface area contributed by atoms with Crippen LogP contribution in [0.2, 0.25) is 0 Å². The van der Waals surface area contributed by atoms with Gasteiger partial charge in [0, 0.05) is 31.3 Å². The Balaban J connectivity index is 2.25. The number of hydrogen-bond donors (Lipinski definition) is 1. The van der Waals surface area contributed by atoms with Gasteiger partial charge in [-0.2, -0.15) is 0 Å². The van der Waals surface area contributed by atoms with Gasteiger partial charge in [0.25, 0.3) is 5.69 Å². The fourth-order valence-electron chi connectivity index (χ4n) is 1.76. The van der Waals surface area contributed by atoms with Gasteiger partial charge in [-0.15, -0.1) is 0 Å². The van der Waals surface area contributed by atoms with Crippen LogP contribution in [0.3, 0.4) is 0 Å². The fraction of sp³-hybridized carbons (Fsp3) is 0.600. The van der Waals surface area contributed by atoms with Crippen LogP contribution in [0.1, 0.15) is 31.4 Å². The molecular weight excluding hydrogens is 256 g/mol. The number of nitrogens with zero attached hydrogens (tertiary/aromatic N) is 1. The van der Waals surface area contributed by atoms with E-state index in [2.05, 4.69) is 19.2 Å². The van der Waals surface area contributed by atoms with Gasteiger partial charge in [0.15, 0.2) is 0 Å². The normalized spacial score (nSPS) is 11.0. The molecule has 20 heavy (non-hydrogen) atoms. The van der Waals surface area contributed by atoms with E-state index in [1.807, 2.05) is 6.07 Å². The molecule has 0 spiro atoms. The van der Waals surface area contributed by atoms with Crippen LogP contribution in [-0.4, -0.2) is 24.7 Å². The predicted octanol–water partition coefficient (Wildman–Crippen LogP) is 3.06. The number of benzene rings is 1. The number of hydrogen-bond acceptors (Lipinski definition) is 4. The molecule has 0 aromatic heterocycles. The second kappa shape index (κ2) is 8.66. The molecule has 0 heterocycles. The van der Waals surface area contributed by atoms with Crippen molar-refractivity contribution < 1.29 is 9.66 Å². The highest BCUT2D eigenvalue weighted by molar-refractivity contribution is 5.42. The molecule has 0 radical (unpaired) electrons. The number of aryl methyl sites for hydroxylation is 1. The summed E-state index contributed by atoms with van der Waals surface area (Å²) in [5.41, 5.74) is 1.79. The van der Waals surface area contributed by atoms with E-state index >= 15 is 0 Å². The van der Waals surface area contributed by atoms with Crippen LogP contribution < -0.4 is 5.32 Å². The Hall–Kier alpha value is -1.46. The lowest BCUT2D eigenvalue weighted by Gasteiger charge is -2.08. The second-order valence-corrected chi connectivity index (χ2v) is 5.35. The summed E-state index contributed by atoms with van der Waals surface area (Å²) in [5.74, 6) is 0.663. The molecule has 0 aliphatic heterocycles. The quantitative estimate of drug-likeness (QED) is 0.429. The predicted molar refractivity (Wildman–Crippen MR) is 79.8 cm³/mol. The fourth-order valence-corrected chi connectivity index (χ4v) is 1.76. The van der Waals surface area contributed by atoms with Crippen LogP contribution >= 0.6 is 0 Å². The number of rotatable bonds is 9. The van der Waals surface area contributed by atoms with Gasteiger partial charge < -0.3 is 10.1 Å². The average Bonchev–Trinajstić information content (AvgIpc) is 2.38. The standard InChI is InChI=1S/C15H24N2O3/c1-12(2)6-8-20-9-7-16-11-14-5-4-13(3)15(10-14)17(18)19/h4-5,10,12,16H,6-9,11H2,1-3H3. The van der Waals surface area contributed by atoms with Gasteiger partial charge in [-0.3, -0.25) is 10.1 Å². The van der Waals surface area contributed by atoms with Gasteiger partial charge >= 0.3 is 0 Å². The molecule has 5 nitrogen and oxygen atoms in total. The van der Waals surface area contributed by atoms with Gasteiger partial charge in [-0.1, -0.05) is 26.0 Å². The Bertz CT molecular complexity index is 433. The topological polar surface area (TPSA) is 64.4 Å². The van der Waals surface area contributed by atoms with Gasteiger partial charge in [0.2, 0.25) is 0 Å². The Morgan fingerprint density at radius 3 is 2.75 bits per heavy atom. The Morgan fingerprint density at radius 1 is 1.35 bits per heavy atom. The van der Waals surface area contributed by atoms with E-state index in [0.29, 0.717) is 24.6 Å². The molecule has 1 rings (SSSR count). The molecule has 112 valence electrons. The number of nitrogens with one attached hydrogen (secondary N) is 1. The minimum atomic E-state index is -0.339. The van der Waals surface area contributed by atoms with E-state index < -0.39 is 0 Å². The molecule has 5 heteroatoms. The molecule has 0 fully saturated rings. The zero-order valence-electron chi connectivity index (χ0n) is 12.5. The molecule has 0 atom stereocenters. The van der Waals surface area contributed by atoms with Crippen molar-refractivity contribution in [2.45, 2.75) is 33.7 Å². The maximum atomic E-state index is 10.8. The van der Waals surface area contributed by atoms with Crippen molar-refractivity contribution in [1.82, 2.24) is 5.32 Å². The van der Waals surface area contributed by atoms with Crippen molar-refractivity contribution in [3.8, 4) is 0 Å². The van der Waals surface area contributed by atoms with E-state index in [-0.39, 0.29) is 10.6 Å². The van der Waals surface area contributed by atoms with E-state index in [1.54, 1.807) is 19.1 Å². The minimum Gasteiger partial charge on any atom is -0.380 e. The number of nitro benzene ring substituents is 1. The maximum Gasteiger partial charge on any atom is 0.272 e. The summed E-state index contributed by atoms with van der Waals surface area (Å²) in [6.45, 7) is 8.92. The van der Waals surface area contributed by atoms with Crippen molar-refractivity contribution in [1.29, 1.82) is 0 Å². The summed E-state index contributed by atoms with van der Waals surface area (Å²) >= 11 is 0. The molecule has 1 aromatic carbocycles. The first-order valence-electron chi connectivity index (χ1n) is 7.03. The lowest BCUT2D eigenvalue weighted by atomic mass is 10.1. The highest BCUT2D eigenvalue weighted by Gasteiger charge is 2.10. The summed E-state index contributed by atoms with van der Waals surface area (Å²) in [7, 11) is 0. The number of ether oxygens (including phenoxy) is 1. The summed E-state index contributed by atoms with van der Waals surface area (Å²) in [4.78, 5) is 10.5. The van der Waals surface area contributed by atoms with Crippen LogP contribution in [0, 0.1) is 23.0 Å². The first-order valence-corrected chi connectivity index (χ1v) is 7.03. The smallest absolute Gasteiger partial charge is 0.272 e. The molecule has 1 N–H and O–H groups in total. The average molecular weight is 280 g/mol. The van der Waals surface area contributed by atoms with E-state index in [0.717, 1.165) is 25.1 Å². The largest absolute Gasteiger partial charge is 0.380 e. The molecule has 1 aromatic rings. The lowest BCUT2D eigenvalue weighted by molar-refractivity contribution is -0.385. The monoisotopic (exact) mass is 280 g/mol. The van der Waals surface area contributed by atoms with Crippen LogP contribution in [0.15, 0.2) is 18.2 Å². The lowest BCUT2D eigenvalue weighted by Crippen LogP contribution is -2.19. The third-order valence-electron chi connectivity index (χ3n) is 3.06. The third kappa shape index (κ3) is 6.12. The van der Waals surface area contributed by atoms with Gasteiger partial charge in [0.05, 0.1) is 11.5 Å². The Morgan fingerprint density at radius 2 is 2.10 bits per heavy atom. The SMILES string of the molecule is Cc1ccc(CNCCOCCC(C)C)cc1[N+](=O)[O-]. The summed E-state index contributed by atoms with van der Waals surface area (Å²) in [5, 5.41) is 14.1. The third-order valence-corrected chi connectivity index (χ3v) is 3.06. The van der Waals surface area contributed by atoms with Crippen LogP contribution in [0.25, 0.3) is 0 Å². The number of nitro groups is 1. The van der Waals surface area contributed by atoms with Crippen molar-refractivity contribution in [3.63, 3.8) is 0 Å². The molecule has 0 unspecified atom stereocenters. The van der Waals surface area contributed by atoms with Gasteiger partial charge in [-0.25, -0.2) is 0 Å². The minimum absolute atomic E-state index is 0.178. The molecule has 0 saturated carbocycles. The zero-order valence-corrected chi connectivity index (χ0v) is 12.5. The first kappa shape index (κ1) is 16.6. The van der Waals surface area contributed by atoms with Crippen molar-refractivity contribution in [2.75, 3.05) is 19.8 Å². The molecular formula is C15H24N2O3. The Labute approximate surface area is 120 Å². The molecule has 0 aliphatic rings. The summed E-state index contributed by atoms with van der Waals surface area (Å²) in [6, 6.07) is 5.32. The van der Waals surface area contributed by atoms with Crippen molar-refractivity contribution >= 4 is 5.69 Å². The summed E-state index contributed by atoms with van der Waals surface area (Å²) in [6.07, 6.45) is 1.07. The van der Waals surface area contributed by atoms with Crippen LogP contribution in [-0.2, 0) is 11.3 Å². The second-order valence-electron chi connectivity index (χ2n) is 5.35. The summed E-state index contributed by atoms with van der Waals surface area (Å²) < 4.78 is 5.49. The first-order chi connectivity index (χ1) is 9.50. The molecule has 0 amide bonds. The molecule has 0 aliphatic carbocycles. The highest BCUT2D eigenvalue weighted by Crippen LogP contribution is 2.18. The maximum absolute atomic E-state index is 10.8. The van der Waals surface area contributed by atoms with Crippen molar-refractivity contribution in [3.05, 3.63) is 39.4 Å². The van der Waals surface area contributed by atoms with E-state index in [4.69, 9.17) is 4.74 Å². The van der Waals surface area contributed by atoms with Crippen LogP contribution in [0.5, 0.6) is 0 Å². The van der Waals surface area contributed by atoms with Gasteiger partial charge in [0.1, 0.15) is 0 Å². The van der Waals surface area contributed by atoms with E-state index in [1.165, 1.54) is 0 Å². The molecule has 0 bridgehead atoms. The van der Waals surface area contributed by atoms with Gasteiger partial charge in [-0.05, 0) is 24.8 Å². The zero-order chi connectivity index (χ0) is 15.0. The highest BCUT2D eigenvalue weighted by atomic mass is 16.6. The van der Waals surface area contributed by atoms with E-state index in [9.17, 15) is 10.1 Å².